The van der Waals surface area contributed by atoms with Crippen molar-refractivity contribution in [2.45, 2.75) is 38.7 Å². The van der Waals surface area contributed by atoms with Crippen LogP contribution in [0.4, 0.5) is 10.1 Å². The predicted molar refractivity (Wildman–Crippen MR) is 130 cm³/mol. The van der Waals surface area contributed by atoms with Gasteiger partial charge in [-0.05, 0) is 48.2 Å². The van der Waals surface area contributed by atoms with Gasteiger partial charge in [0.2, 0.25) is 5.69 Å². The van der Waals surface area contributed by atoms with Crippen LogP contribution in [-0.2, 0) is 16.1 Å². The molecule has 0 radical (unpaired) electrons. The number of piperazine rings is 1. The highest BCUT2D eigenvalue weighted by molar-refractivity contribution is 5.94. The molecule has 2 aromatic rings. The van der Waals surface area contributed by atoms with Gasteiger partial charge in [0, 0.05) is 44.3 Å². The molecule has 0 bridgehead atoms. The maximum atomic E-state index is 13.9. The molecule has 2 fully saturated rings. The number of cyclic esters (lactones) is 1. The second-order valence-corrected chi connectivity index (χ2v) is 9.35. The van der Waals surface area contributed by atoms with E-state index in [-0.39, 0.29) is 42.8 Å². The zero-order valence-corrected chi connectivity index (χ0v) is 20.6. The molecule has 7 nitrogen and oxygen atoms in total. The van der Waals surface area contributed by atoms with E-state index in [1.807, 2.05) is 13.0 Å². The number of carbonyl (C=O) groups is 1. The van der Waals surface area contributed by atoms with Crippen LogP contribution in [-0.4, -0.2) is 66.2 Å². The van der Waals surface area contributed by atoms with Gasteiger partial charge in [-0.3, -0.25) is 9.80 Å². The molecule has 3 heterocycles. The van der Waals surface area contributed by atoms with Crippen molar-refractivity contribution in [2.24, 2.45) is 0 Å². The van der Waals surface area contributed by atoms with E-state index >= 15 is 0 Å². The Balaban J connectivity index is 0.00000289. The lowest BCUT2D eigenvalue weighted by atomic mass is 9.95. The summed E-state index contributed by atoms with van der Waals surface area (Å²) in [4.78, 5) is 19.8. The third kappa shape index (κ3) is 4.67. The molecule has 35 heavy (non-hydrogen) atoms. The average molecular weight is 502 g/mol. The summed E-state index contributed by atoms with van der Waals surface area (Å²) >= 11 is 0. The van der Waals surface area contributed by atoms with Crippen molar-refractivity contribution in [1.82, 2.24) is 9.80 Å². The average Bonchev–Trinajstić information content (AvgIpc) is 3.21. The molecule has 9 heteroatoms. The van der Waals surface area contributed by atoms with Crippen LogP contribution in [0.3, 0.4) is 0 Å². The van der Waals surface area contributed by atoms with Gasteiger partial charge in [-0.1, -0.05) is 12.1 Å². The number of rotatable bonds is 4. The van der Waals surface area contributed by atoms with Crippen molar-refractivity contribution in [3.8, 4) is 0 Å². The highest BCUT2D eigenvalue weighted by atomic mass is 35.5. The van der Waals surface area contributed by atoms with Crippen molar-refractivity contribution < 1.29 is 23.8 Å². The van der Waals surface area contributed by atoms with Crippen LogP contribution in [0.1, 0.15) is 50.4 Å². The molecule has 0 saturated carbocycles. The van der Waals surface area contributed by atoms with Crippen LogP contribution in [0.25, 0.3) is 4.85 Å². The second-order valence-electron chi connectivity index (χ2n) is 9.35. The maximum absolute atomic E-state index is 13.9. The topological polar surface area (TPSA) is 66.6 Å². The number of nitrogens with zero attached hydrogens (tertiary/aromatic N) is 3. The number of β-amino-alcohol motifs (C(OH)–C–C–N with tert-alkyl or cyclic N) is 1. The van der Waals surface area contributed by atoms with E-state index in [2.05, 4.69) is 14.6 Å². The smallest absolute Gasteiger partial charge is 0.338 e. The number of ether oxygens (including phenoxy) is 2. The molecule has 3 atom stereocenters. The minimum Gasteiger partial charge on any atom is -0.457 e. The van der Waals surface area contributed by atoms with Crippen LogP contribution in [0.2, 0.25) is 0 Å². The molecule has 0 amide bonds. The van der Waals surface area contributed by atoms with Crippen LogP contribution in [0.15, 0.2) is 24.3 Å². The van der Waals surface area contributed by atoms with Gasteiger partial charge >= 0.3 is 5.97 Å². The number of benzene rings is 2. The van der Waals surface area contributed by atoms with E-state index in [1.54, 1.807) is 19.1 Å². The van der Waals surface area contributed by atoms with Crippen molar-refractivity contribution in [3.05, 3.63) is 74.9 Å². The molecular weight excluding hydrogens is 473 g/mol. The molecule has 2 aromatic carbocycles. The van der Waals surface area contributed by atoms with Gasteiger partial charge in [0.1, 0.15) is 12.4 Å². The summed E-state index contributed by atoms with van der Waals surface area (Å²) < 4.78 is 25.2. The third-order valence-electron chi connectivity index (χ3n) is 7.46. The molecular formula is C26H29ClFN3O4. The summed E-state index contributed by atoms with van der Waals surface area (Å²) in [5.41, 5.74) is 4.81. The molecule has 0 unspecified atom stereocenters. The number of esters is 1. The number of aliphatic hydroxyl groups excluding tert-OH is 1. The highest BCUT2D eigenvalue weighted by Gasteiger charge is 2.36. The zero-order chi connectivity index (χ0) is 24.0. The lowest BCUT2D eigenvalue weighted by Crippen LogP contribution is -2.58. The summed E-state index contributed by atoms with van der Waals surface area (Å²) in [6.07, 6.45) is -0.841. The summed E-state index contributed by atoms with van der Waals surface area (Å²) in [7, 11) is 0. The van der Waals surface area contributed by atoms with Crippen molar-refractivity contribution in [3.63, 3.8) is 0 Å². The first-order valence-corrected chi connectivity index (χ1v) is 11.6. The summed E-state index contributed by atoms with van der Waals surface area (Å²) in [6, 6.07) is 6.88. The molecule has 0 aliphatic carbocycles. The predicted octanol–water partition coefficient (Wildman–Crippen LogP) is 3.88. The van der Waals surface area contributed by atoms with E-state index < -0.39 is 11.9 Å². The molecule has 5 rings (SSSR count). The molecule has 1 N–H and O–H groups in total. The van der Waals surface area contributed by atoms with Gasteiger partial charge in [0.15, 0.2) is 0 Å². The van der Waals surface area contributed by atoms with Gasteiger partial charge in [-0.15, -0.1) is 12.4 Å². The Hall–Kier alpha value is -2.54. The van der Waals surface area contributed by atoms with Gasteiger partial charge in [-0.2, -0.15) is 0 Å². The Bertz CT molecular complexity index is 1180. The fraction of sp³-hybridized carbons (Fsp3) is 0.462. The van der Waals surface area contributed by atoms with E-state index in [9.17, 15) is 14.3 Å². The quantitative estimate of drug-likeness (QED) is 0.506. The Kier molecular flexibility index (Phi) is 7.46. The Morgan fingerprint density at radius 3 is 2.77 bits per heavy atom. The van der Waals surface area contributed by atoms with E-state index in [0.717, 1.165) is 41.9 Å². The molecule has 0 spiro atoms. The van der Waals surface area contributed by atoms with E-state index in [1.165, 1.54) is 6.07 Å². The van der Waals surface area contributed by atoms with Crippen LogP contribution >= 0.6 is 12.4 Å². The first-order chi connectivity index (χ1) is 16.4. The Labute approximate surface area is 210 Å². The summed E-state index contributed by atoms with van der Waals surface area (Å²) in [5, 5.41) is 11.0. The minimum atomic E-state index is -0.654. The Morgan fingerprint density at radius 2 is 2.00 bits per heavy atom. The van der Waals surface area contributed by atoms with Crippen molar-refractivity contribution in [1.29, 1.82) is 0 Å². The number of hydrogen-bond acceptors (Lipinski definition) is 6. The van der Waals surface area contributed by atoms with Crippen molar-refractivity contribution in [2.75, 3.05) is 39.3 Å². The molecule has 0 aromatic heterocycles. The standard InChI is InChI=1S/C26H28FN3O4.ClH/c1-15-18(4-5-20-21(15)14-34-26(20)32)23(31)11-29-8-9-30-12-24(33-13-17(30)10-29)19-6-7-22(27)25(28-3)16(19)2;/h4-7,17,23-24,31H,8-14H2,1-2H3;1H/t17-,23+,24-;/m1./s1. The minimum absolute atomic E-state index is 0. The first kappa shape index (κ1) is 25.5. The largest absolute Gasteiger partial charge is 0.457 e. The molecule has 2 saturated heterocycles. The van der Waals surface area contributed by atoms with Crippen LogP contribution < -0.4 is 0 Å². The zero-order valence-electron chi connectivity index (χ0n) is 19.8. The van der Waals surface area contributed by atoms with Crippen molar-refractivity contribution >= 4 is 24.1 Å². The highest BCUT2D eigenvalue weighted by Crippen LogP contribution is 2.35. The second kappa shape index (κ2) is 10.2. The molecule has 186 valence electrons. The molecule has 3 aliphatic rings. The van der Waals surface area contributed by atoms with Crippen LogP contribution in [0.5, 0.6) is 0 Å². The molecule has 3 aliphatic heterocycles. The van der Waals surface area contributed by atoms with Crippen LogP contribution in [0, 0.1) is 26.2 Å². The normalized spacial score (nSPS) is 23.0. The van der Waals surface area contributed by atoms with Gasteiger partial charge < -0.3 is 14.6 Å². The SMILES string of the molecule is Cl.[C-]#[N+]c1c(F)ccc([C@H]2CN3CCN(C[C@H](O)c4ccc5c(c4C)COC5=O)C[C@@H]3CO2)c1C. The number of fused-ring (bicyclic) bond motifs is 2. The summed E-state index contributed by atoms with van der Waals surface area (Å²) in [5.74, 6) is -0.790. The lowest BCUT2D eigenvalue weighted by Gasteiger charge is -2.46. The monoisotopic (exact) mass is 501 g/mol. The third-order valence-corrected chi connectivity index (χ3v) is 7.46. The number of hydrogen-bond donors (Lipinski definition) is 1. The number of aliphatic hydroxyl groups is 1. The van der Waals surface area contributed by atoms with Gasteiger partial charge in [-0.25, -0.2) is 14.0 Å². The summed E-state index contributed by atoms with van der Waals surface area (Å²) in [6.45, 7) is 15.4. The van der Waals surface area contributed by atoms with E-state index in [0.29, 0.717) is 30.8 Å². The fourth-order valence-corrected chi connectivity index (χ4v) is 5.44. The Morgan fingerprint density at radius 1 is 1.20 bits per heavy atom. The number of halogens is 2. The van der Waals surface area contributed by atoms with Gasteiger partial charge in [0.25, 0.3) is 0 Å². The van der Waals surface area contributed by atoms with Gasteiger partial charge in [0.05, 0.1) is 31.0 Å². The maximum Gasteiger partial charge on any atom is 0.338 e. The van der Waals surface area contributed by atoms with E-state index in [4.69, 9.17) is 16.0 Å². The lowest BCUT2D eigenvalue weighted by molar-refractivity contribution is -0.0939. The fourth-order valence-electron chi connectivity index (χ4n) is 5.44. The number of morpholine rings is 1. The first-order valence-electron chi connectivity index (χ1n) is 11.6. The number of carbonyl (C=O) groups excluding carboxylic acids is 1.